The standard InChI is InChI=1S/C20H20O6.C11H14O3.C3H4O/c1-3-19(21)25-14-4-13-24-17-7-5-15(6-8-17)20(22)26-18-11-9-16(23-2)10-12-18;1-13-7-2-8-14-11-5-3-10(9-12)4-6-11;1-2-3-4/h3,5-12H,1,4,13-14H2,2H3;3-6,9H,2,7-8H2,1H3;2-3H,1H2. The van der Waals surface area contributed by atoms with Crippen molar-refractivity contribution in [2.24, 2.45) is 0 Å². The molecule has 0 unspecified atom stereocenters. The second-order valence-electron chi connectivity index (χ2n) is 8.42. The highest BCUT2D eigenvalue weighted by molar-refractivity contribution is 5.91. The number of methoxy groups -OCH3 is 2. The molecule has 0 atom stereocenters. The molecule has 0 aliphatic rings. The predicted octanol–water partition coefficient (Wildman–Crippen LogP) is 5.70. The highest BCUT2D eigenvalue weighted by Crippen LogP contribution is 2.19. The van der Waals surface area contributed by atoms with Gasteiger partial charge in [-0.25, -0.2) is 9.59 Å². The minimum absolute atomic E-state index is 0.261. The van der Waals surface area contributed by atoms with E-state index < -0.39 is 11.9 Å². The van der Waals surface area contributed by atoms with Crippen molar-refractivity contribution in [3.8, 4) is 23.0 Å². The van der Waals surface area contributed by atoms with E-state index in [0.29, 0.717) is 60.9 Å². The van der Waals surface area contributed by atoms with Crippen molar-refractivity contribution in [3.63, 3.8) is 0 Å². The number of allylic oxidation sites excluding steroid dienone is 1. The second-order valence-corrected chi connectivity index (χ2v) is 8.42. The lowest BCUT2D eigenvalue weighted by atomic mass is 10.2. The first-order valence-electron chi connectivity index (χ1n) is 13.5. The van der Waals surface area contributed by atoms with Crippen molar-refractivity contribution in [2.45, 2.75) is 12.8 Å². The van der Waals surface area contributed by atoms with Crippen LogP contribution in [0, 0.1) is 0 Å². The van der Waals surface area contributed by atoms with Gasteiger partial charge in [-0.15, -0.1) is 0 Å². The number of hydrogen-bond acceptors (Lipinski definition) is 10. The van der Waals surface area contributed by atoms with Gasteiger partial charge in [-0.1, -0.05) is 13.2 Å². The Labute approximate surface area is 257 Å². The molecule has 44 heavy (non-hydrogen) atoms. The maximum Gasteiger partial charge on any atom is 0.343 e. The Hall–Kier alpha value is -5.22. The van der Waals surface area contributed by atoms with E-state index in [9.17, 15) is 14.4 Å². The van der Waals surface area contributed by atoms with Crippen LogP contribution in [0.1, 0.15) is 33.6 Å². The monoisotopic (exact) mass is 606 g/mol. The van der Waals surface area contributed by atoms with E-state index in [1.165, 1.54) is 6.08 Å². The third-order valence-corrected chi connectivity index (χ3v) is 5.20. The summed E-state index contributed by atoms with van der Waals surface area (Å²) < 4.78 is 31.0. The van der Waals surface area contributed by atoms with Gasteiger partial charge >= 0.3 is 11.9 Å². The average molecular weight is 607 g/mol. The number of carbonyl (C=O) groups is 4. The van der Waals surface area contributed by atoms with Crippen molar-refractivity contribution >= 4 is 24.5 Å². The number of carbonyl (C=O) groups excluding carboxylic acids is 4. The fraction of sp³-hybridized carbons (Fsp3) is 0.235. The molecule has 0 aliphatic heterocycles. The van der Waals surface area contributed by atoms with Gasteiger partial charge in [0, 0.05) is 38.2 Å². The van der Waals surface area contributed by atoms with Crippen LogP contribution >= 0.6 is 0 Å². The first-order valence-corrected chi connectivity index (χ1v) is 13.5. The van der Waals surface area contributed by atoms with Crippen molar-refractivity contribution < 1.29 is 47.6 Å². The summed E-state index contributed by atoms with van der Waals surface area (Å²) >= 11 is 0. The van der Waals surface area contributed by atoms with Gasteiger partial charge in [-0.2, -0.15) is 0 Å². The summed E-state index contributed by atoms with van der Waals surface area (Å²) in [5.41, 5.74) is 1.07. The molecule has 0 radical (unpaired) electrons. The van der Waals surface area contributed by atoms with Gasteiger partial charge in [0.05, 0.1) is 32.5 Å². The lowest BCUT2D eigenvalue weighted by Gasteiger charge is -2.08. The van der Waals surface area contributed by atoms with Gasteiger partial charge in [0.15, 0.2) is 0 Å². The second kappa shape index (κ2) is 23.4. The SMILES string of the molecule is C=CC(=O)OCCCOc1ccc(C(=O)Oc2ccc(OC)cc2)cc1.C=CC=O.COCCCOc1ccc(C=O)cc1. The van der Waals surface area contributed by atoms with Crippen molar-refractivity contribution in [1.82, 2.24) is 0 Å². The van der Waals surface area contributed by atoms with Crippen molar-refractivity contribution in [3.05, 3.63) is 109 Å². The van der Waals surface area contributed by atoms with Crippen LogP contribution in [0.2, 0.25) is 0 Å². The fourth-order valence-electron chi connectivity index (χ4n) is 3.01. The van der Waals surface area contributed by atoms with Crippen LogP contribution in [0.15, 0.2) is 98.1 Å². The van der Waals surface area contributed by atoms with E-state index >= 15 is 0 Å². The summed E-state index contributed by atoms with van der Waals surface area (Å²) in [6.45, 7) is 8.41. The average Bonchev–Trinajstić information content (AvgIpc) is 3.07. The number of rotatable bonds is 16. The van der Waals surface area contributed by atoms with Gasteiger partial charge in [-0.05, 0) is 78.9 Å². The van der Waals surface area contributed by atoms with E-state index in [-0.39, 0.29) is 6.61 Å². The molecule has 0 bridgehead atoms. The normalized spacial score (nSPS) is 9.41. The quantitative estimate of drug-likeness (QED) is 0.0660. The summed E-state index contributed by atoms with van der Waals surface area (Å²) in [4.78, 5) is 42.4. The van der Waals surface area contributed by atoms with Gasteiger partial charge < -0.3 is 28.4 Å². The number of esters is 2. The van der Waals surface area contributed by atoms with Crippen LogP contribution in [0.5, 0.6) is 23.0 Å². The zero-order valence-corrected chi connectivity index (χ0v) is 25.0. The van der Waals surface area contributed by atoms with Crippen molar-refractivity contribution in [2.75, 3.05) is 40.6 Å². The van der Waals surface area contributed by atoms with Gasteiger partial charge in [0.2, 0.25) is 0 Å². The minimum Gasteiger partial charge on any atom is -0.497 e. The number of hydrogen-bond donors (Lipinski definition) is 0. The van der Waals surface area contributed by atoms with Crippen LogP contribution in [-0.2, 0) is 19.1 Å². The van der Waals surface area contributed by atoms with Crippen LogP contribution in [0.3, 0.4) is 0 Å². The van der Waals surface area contributed by atoms with Crippen LogP contribution in [0.25, 0.3) is 0 Å². The van der Waals surface area contributed by atoms with Gasteiger partial charge in [-0.3, -0.25) is 9.59 Å². The Morgan fingerprint density at radius 3 is 1.66 bits per heavy atom. The van der Waals surface area contributed by atoms with Crippen molar-refractivity contribution in [1.29, 1.82) is 0 Å². The molecule has 0 amide bonds. The largest absolute Gasteiger partial charge is 0.497 e. The maximum atomic E-state index is 12.1. The predicted molar refractivity (Wildman–Crippen MR) is 166 cm³/mol. The molecule has 0 aromatic heterocycles. The number of benzene rings is 3. The minimum atomic E-state index is -0.460. The summed E-state index contributed by atoms with van der Waals surface area (Å²) in [7, 11) is 3.23. The molecule has 0 saturated carbocycles. The highest BCUT2D eigenvalue weighted by atomic mass is 16.5. The Morgan fingerprint density at radius 1 is 0.682 bits per heavy atom. The Bertz CT molecular complexity index is 1260. The van der Waals surface area contributed by atoms with Crippen LogP contribution in [-0.4, -0.2) is 65.2 Å². The topological polar surface area (TPSA) is 124 Å². The fourth-order valence-corrected chi connectivity index (χ4v) is 3.01. The molecule has 0 aliphatic carbocycles. The summed E-state index contributed by atoms with van der Waals surface area (Å²) in [5.74, 6) is 1.60. The molecule has 10 nitrogen and oxygen atoms in total. The molecule has 3 rings (SSSR count). The summed E-state index contributed by atoms with van der Waals surface area (Å²) in [5, 5.41) is 0. The highest BCUT2D eigenvalue weighted by Gasteiger charge is 2.09. The van der Waals surface area contributed by atoms with E-state index in [4.69, 9.17) is 33.2 Å². The van der Waals surface area contributed by atoms with E-state index in [2.05, 4.69) is 13.2 Å². The van der Waals surface area contributed by atoms with E-state index in [1.807, 2.05) is 0 Å². The molecule has 10 heteroatoms. The lowest BCUT2D eigenvalue weighted by molar-refractivity contribution is -0.137. The van der Waals surface area contributed by atoms with Gasteiger partial charge in [0.25, 0.3) is 0 Å². The van der Waals surface area contributed by atoms with Gasteiger partial charge in [0.1, 0.15) is 35.6 Å². The first kappa shape index (κ1) is 36.8. The molecule has 3 aromatic carbocycles. The molecule has 3 aromatic rings. The molecule has 0 fully saturated rings. The van der Waals surface area contributed by atoms with E-state index in [0.717, 1.165) is 24.5 Å². The maximum absolute atomic E-state index is 12.1. The molecule has 0 spiro atoms. The molecular weight excluding hydrogens is 568 g/mol. The zero-order chi connectivity index (χ0) is 32.4. The summed E-state index contributed by atoms with van der Waals surface area (Å²) in [6, 6.07) is 20.4. The third kappa shape index (κ3) is 16.3. The zero-order valence-electron chi connectivity index (χ0n) is 25.0. The number of ether oxygens (including phenoxy) is 6. The molecule has 234 valence electrons. The third-order valence-electron chi connectivity index (χ3n) is 5.20. The Kier molecular flexibility index (Phi) is 19.5. The Morgan fingerprint density at radius 2 is 1.18 bits per heavy atom. The summed E-state index contributed by atoms with van der Waals surface area (Å²) in [6.07, 6.45) is 5.19. The Balaban J connectivity index is 0.000000449. The van der Waals surface area contributed by atoms with E-state index in [1.54, 1.807) is 87.0 Å². The molecule has 0 heterocycles. The van der Waals surface area contributed by atoms with Crippen LogP contribution < -0.4 is 18.9 Å². The smallest absolute Gasteiger partial charge is 0.343 e. The molecular formula is C34H38O10. The lowest BCUT2D eigenvalue weighted by Crippen LogP contribution is -2.09. The van der Waals surface area contributed by atoms with Crippen LogP contribution in [0.4, 0.5) is 0 Å². The first-order chi connectivity index (χ1) is 21.4. The number of aldehydes is 2. The molecule has 0 N–H and O–H groups in total. The molecule has 0 saturated heterocycles.